The first-order valence-corrected chi connectivity index (χ1v) is 7.33. The molecule has 0 spiro atoms. The molecule has 0 saturated heterocycles. The van der Waals surface area contributed by atoms with Gasteiger partial charge in [0.1, 0.15) is 11.5 Å². The third-order valence-corrected chi connectivity index (χ3v) is 3.41. The summed E-state index contributed by atoms with van der Waals surface area (Å²) in [6.07, 6.45) is 0. The van der Waals surface area contributed by atoms with Gasteiger partial charge in [0.2, 0.25) is 0 Å². The summed E-state index contributed by atoms with van der Waals surface area (Å²) >= 11 is 9.38. The Morgan fingerprint density at radius 1 is 1.33 bits per heavy atom. The number of rotatable bonds is 5. The maximum atomic E-state index is 11.0. The number of nitro benzene ring substituents is 1. The van der Waals surface area contributed by atoms with Crippen molar-refractivity contribution in [2.75, 3.05) is 11.9 Å². The van der Waals surface area contributed by atoms with Crippen LogP contribution in [0.4, 0.5) is 11.4 Å². The smallest absolute Gasteiger partial charge is 0.275 e. The zero-order valence-corrected chi connectivity index (χ0v) is 13.4. The normalized spacial score (nSPS) is 10.2. The lowest BCUT2D eigenvalue weighted by Gasteiger charge is -2.10. The first kappa shape index (κ1) is 15.6. The van der Waals surface area contributed by atoms with Crippen molar-refractivity contribution in [3.05, 3.63) is 56.0 Å². The Bertz CT molecular complexity index is 679. The fraction of sp³-hybridized carbons (Fsp3) is 0.143. The maximum Gasteiger partial charge on any atom is 0.275 e. The average Bonchev–Trinajstić information content (AvgIpc) is 2.43. The minimum absolute atomic E-state index is 0.0467. The van der Waals surface area contributed by atoms with E-state index in [1.807, 2.05) is 6.92 Å². The van der Waals surface area contributed by atoms with Crippen LogP contribution in [0.15, 0.2) is 40.9 Å². The lowest BCUT2D eigenvalue weighted by Crippen LogP contribution is -1.98. The number of anilines is 1. The molecular weight excluding hydrogens is 360 g/mol. The summed E-state index contributed by atoms with van der Waals surface area (Å²) in [5.74, 6) is 0.772. The van der Waals surface area contributed by atoms with Gasteiger partial charge in [0, 0.05) is 28.8 Å². The SMILES string of the molecule is CCNc1cc(Oc2cc(Br)ccc2Cl)cc([N+](=O)[O-])c1. The zero-order chi connectivity index (χ0) is 15.4. The largest absolute Gasteiger partial charge is 0.455 e. The van der Waals surface area contributed by atoms with E-state index in [1.165, 1.54) is 12.1 Å². The number of hydrogen-bond acceptors (Lipinski definition) is 4. The lowest BCUT2D eigenvalue weighted by atomic mass is 10.2. The molecular formula is C14H12BrClN2O3. The van der Waals surface area contributed by atoms with Crippen LogP contribution in [0.5, 0.6) is 11.5 Å². The summed E-state index contributed by atoms with van der Waals surface area (Å²) in [5, 5.41) is 14.4. The molecule has 0 heterocycles. The lowest BCUT2D eigenvalue weighted by molar-refractivity contribution is -0.384. The molecule has 0 fully saturated rings. The van der Waals surface area contributed by atoms with Gasteiger partial charge in [-0.05, 0) is 25.1 Å². The van der Waals surface area contributed by atoms with Crippen molar-refractivity contribution in [1.82, 2.24) is 0 Å². The van der Waals surface area contributed by atoms with Crippen molar-refractivity contribution >= 4 is 38.9 Å². The Balaban J connectivity index is 2.38. The van der Waals surface area contributed by atoms with E-state index in [4.69, 9.17) is 16.3 Å². The van der Waals surface area contributed by atoms with Gasteiger partial charge < -0.3 is 10.1 Å². The molecule has 0 atom stereocenters. The van der Waals surface area contributed by atoms with Gasteiger partial charge in [0.05, 0.1) is 16.0 Å². The maximum absolute atomic E-state index is 11.0. The Morgan fingerprint density at radius 2 is 2.10 bits per heavy atom. The van der Waals surface area contributed by atoms with Crippen LogP contribution in [0.2, 0.25) is 5.02 Å². The Hall–Kier alpha value is -1.79. The topological polar surface area (TPSA) is 64.4 Å². The molecule has 0 unspecified atom stereocenters. The molecule has 5 nitrogen and oxygen atoms in total. The molecule has 0 aliphatic rings. The first-order chi connectivity index (χ1) is 9.99. The van der Waals surface area contributed by atoms with E-state index in [-0.39, 0.29) is 5.69 Å². The van der Waals surface area contributed by atoms with E-state index in [0.717, 1.165) is 4.47 Å². The summed E-state index contributed by atoms with van der Waals surface area (Å²) in [7, 11) is 0. The molecule has 2 aromatic carbocycles. The molecule has 0 amide bonds. The molecule has 1 N–H and O–H groups in total. The van der Waals surface area contributed by atoms with Crippen LogP contribution in [0.3, 0.4) is 0 Å². The fourth-order valence-corrected chi connectivity index (χ4v) is 2.23. The molecule has 110 valence electrons. The van der Waals surface area contributed by atoms with E-state index >= 15 is 0 Å². The third kappa shape index (κ3) is 4.09. The summed E-state index contributed by atoms with van der Waals surface area (Å²) in [5.41, 5.74) is 0.572. The third-order valence-electron chi connectivity index (χ3n) is 2.60. The van der Waals surface area contributed by atoms with Crippen LogP contribution in [-0.4, -0.2) is 11.5 Å². The molecule has 0 aliphatic heterocycles. The molecule has 0 bridgehead atoms. The standard InChI is InChI=1S/C14H12BrClN2O3/c1-2-17-10-6-11(18(19)20)8-12(7-10)21-14-5-9(15)3-4-13(14)16/h3-8,17H,2H2,1H3. The molecule has 2 aromatic rings. The second-order valence-electron chi connectivity index (χ2n) is 4.18. The van der Waals surface area contributed by atoms with Crippen LogP contribution < -0.4 is 10.1 Å². The minimum Gasteiger partial charge on any atom is -0.455 e. The molecule has 0 radical (unpaired) electrons. The van der Waals surface area contributed by atoms with E-state index in [9.17, 15) is 10.1 Å². The van der Waals surface area contributed by atoms with Gasteiger partial charge in [-0.1, -0.05) is 27.5 Å². The number of nitrogens with one attached hydrogen (secondary N) is 1. The van der Waals surface area contributed by atoms with Gasteiger partial charge in [-0.25, -0.2) is 0 Å². The van der Waals surface area contributed by atoms with E-state index in [2.05, 4.69) is 21.2 Å². The number of ether oxygens (including phenoxy) is 1. The summed E-state index contributed by atoms with van der Waals surface area (Å²) in [6, 6.07) is 9.68. The quantitative estimate of drug-likeness (QED) is 0.577. The monoisotopic (exact) mass is 370 g/mol. The summed E-state index contributed by atoms with van der Waals surface area (Å²) < 4.78 is 6.47. The minimum atomic E-state index is -0.462. The highest BCUT2D eigenvalue weighted by molar-refractivity contribution is 9.10. The number of benzene rings is 2. The van der Waals surface area contributed by atoms with Crippen LogP contribution in [0.25, 0.3) is 0 Å². The number of hydrogen-bond donors (Lipinski definition) is 1. The van der Waals surface area contributed by atoms with Crippen molar-refractivity contribution in [1.29, 1.82) is 0 Å². The number of nitrogens with zero attached hydrogens (tertiary/aromatic N) is 1. The average molecular weight is 372 g/mol. The van der Waals surface area contributed by atoms with E-state index in [1.54, 1.807) is 24.3 Å². The van der Waals surface area contributed by atoms with E-state index < -0.39 is 4.92 Å². The molecule has 7 heteroatoms. The molecule has 2 rings (SSSR count). The number of nitro groups is 1. The predicted molar refractivity (Wildman–Crippen MR) is 86.5 cm³/mol. The zero-order valence-electron chi connectivity index (χ0n) is 11.1. The number of non-ortho nitro benzene ring substituents is 1. The molecule has 0 saturated carbocycles. The van der Waals surface area contributed by atoms with Gasteiger partial charge in [-0.3, -0.25) is 10.1 Å². The Kier molecular flexibility index (Phi) is 5.03. The van der Waals surface area contributed by atoms with Crippen molar-refractivity contribution < 1.29 is 9.66 Å². The number of halogens is 2. The van der Waals surface area contributed by atoms with Gasteiger partial charge in [0.15, 0.2) is 0 Å². The molecule has 21 heavy (non-hydrogen) atoms. The van der Waals surface area contributed by atoms with Crippen molar-refractivity contribution in [2.24, 2.45) is 0 Å². The van der Waals surface area contributed by atoms with Crippen LogP contribution >= 0.6 is 27.5 Å². The Labute approximate surface area is 135 Å². The fourth-order valence-electron chi connectivity index (χ4n) is 1.74. The van der Waals surface area contributed by atoms with E-state index in [0.29, 0.717) is 28.8 Å². The van der Waals surface area contributed by atoms with Gasteiger partial charge >= 0.3 is 0 Å². The van der Waals surface area contributed by atoms with Crippen molar-refractivity contribution in [3.63, 3.8) is 0 Å². The van der Waals surface area contributed by atoms with Crippen LogP contribution in [0.1, 0.15) is 6.92 Å². The summed E-state index contributed by atoms with van der Waals surface area (Å²) in [4.78, 5) is 10.5. The van der Waals surface area contributed by atoms with Gasteiger partial charge in [-0.2, -0.15) is 0 Å². The predicted octanol–water partition coefficient (Wildman–Crippen LogP) is 5.23. The van der Waals surface area contributed by atoms with Crippen molar-refractivity contribution in [3.8, 4) is 11.5 Å². The molecule has 0 aromatic heterocycles. The van der Waals surface area contributed by atoms with Crippen molar-refractivity contribution in [2.45, 2.75) is 6.92 Å². The highest BCUT2D eigenvalue weighted by atomic mass is 79.9. The highest BCUT2D eigenvalue weighted by Crippen LogP contribution is 2.34. The van der Waals surface area contributed by atoms with Gasteiger partial charge in [-0.15, -0.1) is 0 Å². The van der Waals surface area contributed by atoms with Crippen LogP contribution in [-0.2, 0) is 0 Å². The highest BCUT2D eigenvalue weighted by Gasteiger charge is 2.12. The first-order valence-electron chi connectivity index (χ1n) is 6.16. The second kappa shape index (κ2) is 6.78. The van der Waals surface area contributed by atoms with Gasteiger partial charge in [0.25, 0.3) is 5.69 Å². The second-order valence-corrected chi connectivity index (χ2v) is 5.50. The summed E-state index contributed by atoms with van der Waals surface area (Å²) in [6.45, 7) is 2.56. The Morgan fingerprint density at radius 3 is 2.76 bits per heavy atom. The van der Waals surface area contributed by atoms with Crippen LogP contribution in [0, 0.1) is 10.1 Å². The molecule has 0 aliphatic carbocycles.